The van der Waals surface area contributed by atoms with Gasteiger partial charge in [0.05, 0.1) is 10.6 Å². The van der Waals surface area contributed by atoms with Crippen molar-refractivity contribution in [1.29, 1.82) is 0 Å². The fourth-order valence-electron chi connectivity index (χ4n) is 4.19. The maximum Gasteiger partial charge on any atom is 0.264 e. The number of anilines is 1. The van der Waals surface area contributed by atoms with Gasteiger partial charge in [0, 0.05) is 17.6 Å². The number of sulfonamides is 1. The second-order valence-corrected chi connectivity index (χ2v) is 12.3. The highest BCUT2D eigenvalue weighted by atomic mass is 79.9. The van der Waals surface area contributed by atoms with Crippen molar-refractivity contribution in [3.05, 3.63) is 94.2 Å². The Hall–Kier alpha value is -3.24. The fraction of sp³-hybridized carbons (Fsp3) is 0.333. The van der Waals surface area contributed by atoms with Gasteiger partial charge in [0.25, 0.3) is 10.0 Å². The van der Waals surface area contributed by atoms with Crippen molar-refractivity contribution in [2.24, 2.45) is 0 Å². The van der Waals surface area contributed by atoms with Crippen molar-refractivity contribution in [2.45, 2.75) is 57.5 Å². The Kier molecular flexibility index (Phi) is 11.3. The van der Waals surface area contributed by atoms with Gasteiger partial charge >= 0.3 is 0 Å². The number of aryl methyl sites for hydroxylation is 1. The zero-order chi connectivity index (χ0) is 29.3. The Morgan fingerprint density at radius 2 is 1.57 bits per heavy atom. The summed E-state index contributed by atoms with van der Waals surface area (Å²) in [4.78, 5) is 28.6. The average molecular weight is 633 g/mol. The summed E-state index contributed by atoms with van der Waals surface area (Å²) in [5.41, 5.74) is 1.82. The van der Waals surface area contributed by atoms with Crippen LogP contribution in [0.3, 0.4) is 0 Å². The molecule has 2 amide bonds. The topological polar surface area (TPSA) is 86.8 Å². The van der Waals surface area contributed by atoms with Gasteiger partial charge in [-0.2, -0.15) is 0 Å². The second-order valence-electron chi connectivity index (χ2n) is 9.52. The van der Waals surface area contributed by atoms with Crippen molar-refractivity contribution in [1.82, 2.24) is 10.2 Å². The lowest BCUT2D eigenvalue weighted by Crippen LogP contribution is -2.52. The average Bonchev–Trinajstić information content (AvgIpc) is 2.93. The number of benzene rings is 3. The van der Waals surface area contributed by atoms with Crippen molar-refractivity contribution < 1.29 is 22.4 Å². The number of carbonyl (C=O) groups excluding carboxylic acids is 2. The molecule has 0 radical (unpaired) electrons. The number of nitrogens with zero attached hydrogens (tertiary/aromatic N) is 2. The van der Waals surface area contributed by atoms with Crippen molar-refractivity contribution in [3.8, 4) is 0 Å². The summed E-state index contributed by atoms with van der Waals surface area (Å²) in [5, 5.41) is 2.89. The Balaban J connectivity index is 2.02. The minimum atomic E-state index is -4.14. The van der Waals surface area contributed by atoms with Gasteiger partial charge < -0.3 is 10.2 Å². The molecule has 0 spiro atoms. The van der Waals surface area contributed by atoms with Crippen LogP contribution in [0.25, 0.3) is 0 Å². The lowest BCUT2D eigenvalue weighted by Gasteiger charge is -2.33. The molecule has 3 aromatic rings. The molecule has 0 heterocycles. The molecule has 1 unspecified atom stereocenters. The number of hydrogen-bond donors (Lipinski definition) is 1. The molecule has 0 aliphatic heterocycles. The Labute approximate surface area is 244 Å². The first-order valence-electron chi connectivity index (χ1n) is 13.2. The van der Waals surface area contributed by atoms with E-state index in [9.17, 15) is 22.4 Å². The number of halogens is 2. The van der Waals surface area contributed by atoms with Crippen molar-refractivity contribution in [3.63, 3.8) is 0 Å². The first-order chi connectivity index (χ1) is 19.1. The monoisotopic (exact) mass is 631 g/mol. The van der Waals surface area contributed by atoms with E-state index in [1.807, 2.05) is 13.8 Å². The van der Waals surface area contributed by atoms with Gasteiger partial charge in [-0.15, -0.1) is 0 Å². The molecule has 0 bridgehead atoms. The van der Waals surface area contributed by atoms with Crippen LogP contribution in [-0.2, 0) is 26.2 Å². The van der Waals surface area contributed by atoms with E-state index in [2.05, 4.69) is 21.2 Å². The highest BCUT2D eigenvalue weighted by Gasteiger charge is 2.33. The van der Waals surface area contributed by atoms with Crippen molar-refractivity contribution >= 4 is 43.5 Å². The Morgan fingerprint density at radius 3 is 2.15 bits per heavy atom. The first-order valence-corrected chi connectivity index (χ1v) is 15.5. The van der Waals surface area contributed by atoms with E-state index in [1.54, 1.807) is 55.5 Å². The van der Waals surface area contributed by atoms with Crippen LogP contribution in [0.2, 0.25) is 0 Å². The zero-order valence-corrected chi connectivity index (χ0v) is 25.3. The quantitative estimate of drug-likeness (QED) is 0.241. The number of hydrogen-bond acceptors (Lipinski definition) is 4. The number of nitrogens with one attached hydrogen (secondary N) is 1. The SMILES string of the molecule is CCCCNC(=O)C(CC)N(Cc1ccc(F)cc1)C(=O)CN(c1ccc(Br)cc1)S(=O)(=O)c1ccc(C)cc1. The lowest BCUT2D eigenvalue weighted by atomic mass is 10.1. The molecule has 1 N–H and O–H groups in total. The molecule has 0 saturated carbocycles. The third kappa shape index (κ3) is 8.14. The normalized spacial score (nSPS) is 12.0. The molecule has 0 aliphatic rings. The molecular formula is C30H35BrFN3O4S. The molecule has 3 aromatic carbocycles. The van der Waals surface area contributed by atoms with Gasteiger partial charge in [0.1, 0.15) is 18.4 Å². The summed E-state index contributed by atoms with van der Waals surface area (Å²) < 4.78 is 43.1. The van der Waals surface area contributed by atoms with Gasteiger partial charge in [-0.3, -0.25) is 13.9 Å². The maximum absolute atomic E-state index is 14.0. The predicted molar refractivity (Wildman–Crippen MR) is 159 cm³/mol. The van der Waals surface area contributed by atoms with Crippen LogP contribution >= 0.6 is 15.9 Å². The Morgan fingerprint density at radius 1 is 0.950 bits per heavy atom. The summed E-state index contributed by atoms with van der Waals surface area (Å²) in [7, 11) is -4.14. The standard InChI is InChI=1S/C30H35BrFN3O4S/c1-4-6-19-33-30(37)28(5-2)34(20-23-9-13-25(32)14-10-23)29(36)21-35(26-15-11-24(31)12-16-26)40(38,39)27-17-7-22(3)8-18-27/h7-18,28H,4-6,19-21H2,1-3H3,(H,33,37). The lowest BCUT2D eigenvalue weighted by molar-refractivity contribution is -0.140. The largest absolute Gasteiger partial charge is 0.354 e. The van der Waals surface area contributed by atoms with Crippen LogP contribution in [0.15, 0.2) is 82.2 Å². The molecule has 0 aliphatic carbocycles. The third-order valence-corrected chi connectivity index (χ3v) is 8.80. The van der Waals surface area contributed by atoms with E-state index >= 15 is 0 Å². The smallest absolute Gasteiger partial charge is 0.264 e. The first kappa shape index (κ1) is 31.3. The summed E-state index contributed by atoms with van der Waals surface area (Å²) in [6, 6.07) is 17.9. The van der Waals surface area contributed by atoms with Crippen LogP contribution in [0, 0.1) is 12.7 Å². The van der Waals surface area contributed by atoms with Crippen LogP contribution in [0.1, 0.15) is 44.2 Å². The van der Waals surface area contributed by atoms with Crippen LogP contribution in [0.5, 0.6) is 0 Å². The molecule has 214 valence electrons. The van der Waals surface area contributed by atoms with E-state index in [0.717, 1.165) is 27.2 Å². The summed E-state index contributed by atoms with van der Waals surface area (Å²) >= 11 is 3.37. The molecule has 7 nitrogen and oxygen atoms in total. The highest BCUT2D eigenvalue weighted by molar-refractivity contribution is 9.10. The molecule has 3 rings (SSSR count). The van der Waals surface area contributed by atoms with Gasteiger partial charge in [-0.05, 0) is 73.9 Å². The molecule has 0 saturated heterocycles. The number of amides is 2. The molecule has 0 aromatic heterocycles. The van der Waals surface area contributed by atoms with E-state index in [4.69, 9.17) is 0 Å². The zero-order valence-electron chi connectivity index (χ0n) is 22.9. The van der Waals surface area contributed by atoms with E-state index in [-0.39, 0.29) is 17.3 Å². The van der Waals surface area contributed by atoms with Gasteiger partial charge in [-0.25, -0.2) is 12.8 Å². The molecule has 40 heavy (non-hydrogen) atoms. The van der Waals surface area contributed by atoms with E-state index < -0.39 is 34.3 Å². The van der Waals surface area contributed by atoms with E-state index in [1.165, 1.54) is 29.2 Å². The fourth-order valence-corrected chi connectivity index (χ4v) is 5.86. The predicted octanol–water partition coefficient (Wildman–Crippen LogP) is 5.82. The molecule has 10 heteroatoms. The summed E-state index contributed by atoms with van der Waals surface area (Å²) in [6.45, 7) is 5.62. The van der Waals surface area contributed by atoms with Crippen molar-refractivity contribution in [2.75, 3.05) is 17.4 Å². The molecule has 1 atom stereocenters. The van der Waals surface area contributed by atoms with Crippen LogP contribution < -0.4 is 9.62 Å². The Bertz CT molecular complexity index is 1380. The minimum Gasteiger partial charge on any atom is -0.354 e. The molecular weight excluding hydrogens is 597 g/mol. The van der Waals surface area contributed by atoms with E-state index in [0.29, 0.717) is 24.2 Å². The summed E-state index contributed by atoms with van der Waals surface area (Å²) in [5.74, 6) is -1.29. The van der Waals surface area contributed by atoms with Crippen LogP contribution in [-0.4, -0.2) is 44.3 Å². The van der Waals surface area contributed by atoms with Gasteiger partial charge in [-0.1, -0.05) is 66.0 Å². The number of rotatable bonds is 13. The summed E-state index contributed by atoms with van der Waals surface area (Å²) in [6.07, 6.45) is 2.00. The maximum atomic E-state index is 14.0. The minimum absolute atomic E-state index is 0.0115. The van der Waals surface area contributed by atoms with Gasteiger partial charge in [0.2, 0.25) is 11.8 Å². The number of unbranched alkanes of at least 4 members (excludes halogenated alkanes) is 1. The number of carbonyl (C=O) groups is 2. The molecule has 0 fully saturated rings. The highest BCUT2D eigenvalue weighted by Crippen LogP contribution is 2.26. The van der Waals surface area contributed by atoms with Crippen LogP contribution in [0.4, 0.5) is 10.1 Å². The van der Waals surface area contributed by atoms with Gasteiger partial charge in [0.15, 0.2) is 0 Å². The third-order valence-electron chi connectivity index (χ3n) is 6.48. The second kappa shape index (κ2) is 14.4.